The van der Waals surface area contributed by atoms with Gasteiger partial charge in [0.25, 0.3) is 0 Å². The molecular weight excluding hydrogens is 318 g/mol. The maximum absolute atomic E-state index is 11.9. The van der Waals surface area contributed by atoms with Gasteiger partial charge < -0.3 is 10.1 Å². The first-order valence-corrected chi connectivity index (χ1v) is 8.02. The Hall–Kier alpha value is -3.15. The summed E-state index contributed by atoms with van der Waals surface area (Å²) in [5.74, 6) is -0.844. The fourth-order valence-corrected chi connectivity index (χ4v) is 2.15. The summed E-state index contributed by atoms with van der Waals surface area (Å²) in [4.78, 5) is 23.7. The molecule has 0 fully saturated rings. The SMILES string of the molecule is CCOc1cccc(/C=N\NC(=O)C(=O)N[C@H](C)c2ccccc2)c1. The van der Waals surface area contributed by atoms with Crippen LogP contribution < -0.4 is 15.5 Å². The van der Waals surface area contributed by atoms with E-state index in [1.807, 2.05) is 62.4 Å². The van der Waals surface area contributed by atoms with Crippen molar-refractivity contribution >= 4 is 18.0 Å². The molecule has 0 unspecified atom stereocenters. The molecule has 0 saturated carbocycles. The molecule has 2 rings (SSSR count). The van der Waals surface area contributed by atoms with Crippen LogP contribution in [0.15, 0.2) is 59.7 Å². The largest absolute Gasteiger partial charge is 0.494 e. The molecule has 2 N–H and O–H groups in total. The van der Waals surface area contributed by atoms with E-state index in [9.17, 15) is 9.59 Å². The van der Waals surface area contributed by atoms with Gasteiger partial charge in [0, 0.05) is 0 Å². The van der Waals surface area contributed by atoms with Gasteiger partial charge in [0.15, 0.2) is 0 Å². The number of benzene rings is 2. The standard InChI is InChI=1S/C19H21N3O3/c1-3-25-17-11-7-8-15(12-17)13-20-22-19(24)18(23)21-14(2)16-9-5-4-6-10-16/h4-14H,3H2,1-2H3,(H,21,23)(H,22,24)/b20-13-/t14-/m1/s1. The van der Waals surface area contributed by atoms with E-state index in [1.165, 1.54) is 6.21 Å². The highest BCUT2D eigenvalue weighted by Crippen LogP contribution is 2.12. The van der Waals surface area contributed by atoms with E-state index in [2.05, 4.69) is 15.8 Å². The van der Waals surface area contributed by atoms with Gasteiger partial charge in [-0.15, -0.1) is 0 Å². The third-order valence-electron chi connectivity index (χ3n) is 3.40. The third kappa shape index (κ3) is 5.76. The second-order valence-electron chi connectivity index (χ2n) is 5.31. The average Bonchev–Trinajstić information content (AvgIpc) is 2.63. The van der Waals surface area contributed by atoms with E-state index in [-0.39, 0.29) is 6.04 Å². The molecule has 0 aliphatic heterocycles. The van der Waals surface area contributed by atoms with Gasteiger partial charge >= 0.3 is 11.8 Å². The van der Waals surface area contributed by atoms with E-state index in [4.69, 9.17) is 4.74 Å². The van der Waals surface area contributed by atoms with Crippen molar-refractivity contribution in [1.82, 2.24) is 10.7 Å². The van der Waals surface area contributed by atoms with Crippen LogP contribution in [0.3, 0.4) is 0 Å². The van der Waals surface area contributed by atoms with Gasteiger partial charge in [-0.2, -0.15) is 5.10 Å². The highest BCUT2D eigenvalue weighted by atomic mass is 16.5. The fourth-order valence-electron chi connectivity index (χ4n) is 2.15. The molecule has 2 aromatic rings. The number of amides is 2. The molecule has 2 aromatic carbocycles. The molecule has 0 spiro atoms. The Morgan fingerprint density at radius 3 is 2.60 bits per heavy atom. The van der Waals surface area contributed by atoms with Crippen molar-refractivity contribution in [2.45, 2.75) is 19.9 Å². The summed E-state index contributed by atoms with van der Waals surface area (Å²) in [7, 11) is 0. The van der Waals surface area contributed by atoms with Gasteiger partial charge in [-0.05, 0) is 37.1 Å². The number of carbonyl (C=O) groups is 2. The molecular formula is C19H21N3O3. The molecule has 1 atom stereocenters. The first kappa shape index (κ1) is 18.2. The number of hydrazone groups is 1. The van der Waals surface area contributed by atoms with E-state index in [0.717, 1.165) is 11.1 Å². The Labute approximate surface area is 146 Å². The lowest BCUT2D eigenvalue weighted by atomic mass is 10.1. The lowest BCUT2D eigenvalue weighted by Gasteiger charge is -2.13. The highest BCUT2D eigenvalue weighted by Gasteiger charge is 2.16. The van der Waals surface area contributed by atoms with Crippen molar-refractivity contribution in [3.8, 4) is 5.75 Å². The second-order valence-corrected chi connectivity index (χ2v) is 5.31. The number of hydrogen-bond acceptors (Lipinski definition) is 4. The maximum atomic E-state index is 11.9. The normalized spacial score (nSPS) is 11.8. The minimum Gasteiger partial charge on any atom is -0.494 e. The van der Waals surface area contributed by atoms with Crippen LogP contribution in [0.4, 0.5) is 0 Å². The monoisotopic (exact) mass is 339 g/mol. The lowest BCUT2D eigenvalue weighted by molar-refractivity contribution is -0.139. The summed E-state index contributed by atoms with van der Waals surface area (Å²) < 4.78 is 5.38. The summed E-state index contributed by atoms with van der Waals surface area (Å²) >= 11 is 0. The Balaban J connectivity index is 1.86. The smallest absolute Gasteiger partial charge is 0.329 e. The van der Waals surface area contributed by atoms with E-state index in [1.54, 1.807) is 6.07 Å². The first-order chi connectivity index (χ1) is 12.1. The van der Waals surface area contributed by atoms with Crippen LogP contribution >= 0.6 is 0 Å². The van der Waals surface area contributed by atoms with Gasteiger partial charge in [0.2, 0.25) is 0 Å². The Morgan fingerprint density at radius 2 is 1.88 bits per heavy atom. The molecule has 25 heavy (non-hydrogen) atoms. The van der Waals surface area contributed by atoms with Crippen LogP contribution in [0.25, 0.3) is 0 Å². The maximum Gasteiger partial charge on any atom is 0.329 e. The van der Waals surface area contributed by atoms with Crippen molar-refractivity contribution in [2.75, 3.05) is 6.61 Å². The lowest BCUT2D eigenvalue weighted by Crippen LogP contribution is -2.39. The van der Waals surface area contributed by atoms with Gasteiger partial charge in [0.1, 0.15) is 5.75 Å². The number of nitrogens with zero attached hydrogens (tertiary/aromatic N) is 1. The second kappa shape index (κ2) is 9.22. The van der Waals surface area contributed by atoms with Gasteiger partial charge in [0.05, 0.1) is 18.9 Å². The molecule has 0 radical (unpaired) electrons. The summed E-state index contributed by atoms with van der Waals surface area (Å²) in [5.41, 5.74) is 3.89. The van der Waals surface area contributed by atoms with Crippen LogP contribution in [0.5, 0.6) is 5.75 Å². The summed E-state index contributed by atoms with van der Waals surface area (Å²) in [6, 6.07) is 16.4. The van der Waals surface area contributed by atoms with Gasteiger partial charge in [-0.25, -0.2) is 5.43 Å². The molecule has 130 valence electrons. The summed E-state index contributed by atoms with van der Waals surface area (Å²) in [5, 5.41) is 6.43. The van der Waals surface area contributed by atoms with Crippen molar-refractivity contribution in [3.63, 3.8) is 0 Å². The molecule has 0 heterocycles. The Morgan fingerprint density at radius 1 is 1.12 bits per heavy atom. The molecule has 2 amide bonds. The van der Waals surface area contributed by atoms with Crippen molar-refractivity contribution < 1.29 is 14.3 Å². The van der Waals surface area contributed by atoms with E-state index < -0.39 is 11.8 Å². The van der Waals surface area contributed by atoms with Crippen molar-refractivity contribution in [1.29, 1.82) is 0 Å². The van der Waals surface area contributed by atoms with Crippen LogP contribution in [0.1, 0.15) is 31.0 Å². The minimum absolute atomic E-state index is 0.272. The zero-order valence-corrected chi connectivity index (χ0v) is 14.2. The number of rotatable bonds is 6. The predicted molar refractivity (Wildman–Crippen MR) is 96.3 cm³/mol. The number of hydrogen-bond donors (Lipinski definition) is 2. The molecule has 6 heteroatoms. The third-order valence-corrected chi connectivity index (χ3v) is 3.40. The number of nitrogens with one attached hydrogen (secondary N) is 2. The topological polar surface area (TPSA) is 79.8 Å². The average molecular weight is 339 g/mol. The van der Waals surface area contributed by atoms with Crippen LogP contribution in [-0.4, -0.2) is 24.6 Å². The van der Waals surface area contributed by atoms with Crippen LogP contribution in [0, 0.1) is 0 Å². The molecule has 6 nitrogen and oxygen atoms in total. The molecule has 0 aliphatic carbocycles. The zero-order valence-electron chi connectivity index (χ0n) is 14.2. The van der Waals surface area contributed by atoms with Gasteiger partial charge in [-0.3, -0.25) is 9.59 Å². The fraction of sp³-hybridized carbons (Fsp3) is 0.211. The van der Waals surface area contributed by atoms with Gasteiger partial charge in [-0.1, -0.05) is 42.5 Å². The van der Waals surface area contributed by atoms with E-state index >= 15 is 0 Å². The molecule has 0 aliphatic rings. The van der Waals surface area contributed by atoms with Crippen LogP contribution in [0.2, 0.25) is 0 Å². The molecule has 0 saturated heterocycles. The first-order valence-electron chi connectivity index (χ1n) is 8.02. The minimum atomic E-state index is -0.819. The highest BCUT2D eigenvalue weighted by molar-refractivity contribution is 6.35. The molecule has 0 bridgehead atoms. The predicted octanol–water partition coefficient (Wildman–Crippen LogP) is 2.41. The number of ether oxygens (including phenoxy) is 1. The molecule has 0 aromatic heterocycles. The quantitative estimate of drug-likeness (QED) is 0.482. The van der Waals surface area contributed by atoms with E-state index in [0.29, 0.717) is 12.4 Å². The number of carbonyl (C=O) groups excluding carboxylic acids is 2. The Kier molecular flexibility index (Phi) is 6.71. The summed E-state index contributed by atoms with van der Waals surface area (Å²) in [6.07, 6.45) is 1.45. The zero-order chi connectivity index (χ0) is 18.1. The Bertz CT molecular complexity index is 745. The van der Waals surface area contributed by atoms with Crippen molar-refractivity contribution in [3.05, 3.63) is 65.7 Å². The van der Waals surface area contributed by atoms with Crippen molar-refractivity contribution in [2.24, 2.45) is 5.10 Å². The summed E-state index contributed by atoms with van der Waals surface area (Å²) in [6.45, 7) is 4.27. The van der Waals surface area contributed by atoms with Crippen LogP contribution in [-0.2, 0) is 9.59 Å².